The van der Waals surface area contributed by atoms with Gasteiger partial charge in [-0.05, 0) is 78.9 Å². The van der Waals surface area contributed by atoms with Gasteiger partial charge in [0.15, 0.2) is 14.3 Å². The quantitative estimate of drug-likeness (QED) is 0.142. The number of hydrogen-bond acceptors (Lipinski definition) is 2. The van der Waals surface area contributed by atoms with Crippen LogP contribution in [-0.2, 0) is 14.5 Å². The summed E-state index contributed by atoms with van der Waals surface area (Å²) in [5.74, 6) is 0. The first-order chi connectivity index (χ1) is 43.6. The normalized spacial score (nSPS) is 19.2. The summed E-state index contributed by atoms with van der Waals surface area (Å²) >= 11 is 0. The molecule has 0 aromatic heterocycles. The van der Waals surface area contributed by atoms with Crippen LogP contribution < -0.4 is 31.8 Å². The van der Waals surface area contributed by atoms with Crippen molar-refractivity contribution in [1.29, 1.82) is 0 Å². The Bertz CT molecular complexity index is 4600. The van der Waals surface area contributed by atoms with Gasteiger partial charge < -0.3 is 9.13 Å². The molecule has 1 spiro atoms. The van der Waals surface area contributed by atoms with Crippen LogP contribution in [0.15, 0.2) is 254 Å². The standard InChI is InChI=1S/C61H42O2P2/c62-64(47-17-5-1-6-18-47,48-19-7-2-8-20-48)51-35-29-43(30-36-51)45-33-39-55-56-40-34-46(42-60(56)61(59(55)41-45)57-27-15-13-25-53(57)54-26-14-16-28-58(54)61)44-31-37-52(38-32-44)65(63,49-21-9-3-10-22-49)50-23-11-4-12-24-50/h1-42H/i1D,2D,3D,4D,5D,6D,7D,8D,9D,10D,11D,12D,17D,18D,19D,20D,21D,22D,23D,24D,29D,30D,31D,32D,35D,36D,37D,38D. The van der Waals surface area contributed by atoms with Crippen LogP contribution in [0.25, 0.3) is 44.5 Å². The number of hydrogen-bond donors (Lipinski definition) is 0. The summed E-state index contributed by atoms with van der Waals surface area (Å²) in [5, 5.41) is -6.80. The highest BCUT2D eigenvalue weighted by Crippen LogP contribution is 2.63. The zero-order chi connectivity index (χ0) is 68.0. The van der Waals surface area contributed by atoms with Crippen LogP contribution in [0.2, 0.25) is 0 Å². The first-order valence-corrected chi connectivity index (χ1v) is 23.3. The monoisotopic (exact) mass is 896 g/mol. The van der Waals surface area contributed by atoms with E-state index in [1.165, 1.54) is 12.1 Å². The third-order valence-electron chi connectivity index (χ3n) is 11.7. The van der Waals surface area contributed by atoms with Crippen molar-refractivity contribution < 1.29 is 47.5 Å². The Balaban J connectivity index is 1.11. The van der Waals surface area contributed by atoms with E-state index >= 15 is 9.13 Å². The van der Waals surface area contributed by atoms with Crippen molar-refractivity contribution in [1.82, 2.24) is 0 Å². The van der Waals surface area contributed by atoms with Gasteiger partial charge in [0.25, 0.3) is 0 Å². The van der Waals surface area contributed by atoms with Crippen LogP contribution in [0, 0.1) is 0 Å². The molecule has 0 unspecified atom stereocenters. The highest BCUT2D eigenvalue weighted by molar-refractivity contribution is 7.85. The summed E-state index contributed by atoms with van der Waals surface area (Å²) in [6, 6.07) is -5.77. The molecule has 2 aliphatic rings. The average molecular weight is 897 g/mol. The van der Waals surface area contributed by atoms with E-state index in [9.17, 15) is 11.0 Å². The first-order valence-electron chi connectivity index (χ1n) is 33.8. The lowest BCUT2D eigenvalue weighted by molar-refractivity contribution is 0.591. The van der Waals surface area contributed by atoms with Crippen molar-refractivity contribution in [2.24, 2.45) is 0 Å². The number of fused-ring (bicyclic) bond motifs is 10. The second-order valence-corrected chi connectivity index (χ2v) is 20.0. The minimum absolute atomic E-state index is 0.00449. The second kappa shape index (κ2) is 15.4. The Hall–Kier alpha value is -7.34. The maximum atomic E-state index is 16.4. The Morgan fingerprint density at radius 1 is 0.292 bits per heavy atom. The largest absolute Gasteiger partial charge is 0.309 e. The van der Waals surface area contributed by atoms with Crippen molar-refractivity contribution in [3.8, 4) is 44.5 Å². The molecule has 2 nitrogen and oxygen atoms in total. The molecule has 4 heteroatoms. The van der Waals surface area contributed by atoms with Crippen molar-refractivity contribution in [2.75, 3.05) is 0 Å². The molecule has 0 aliphatic heterocycles. The molecular formula is C61H42O2P2. The molecule has 0 N–H and O–H groups in total. The molecule has 0 atom stereocenters. The van der Waals surface area contributed by atoms with Gasteiger partial charge in [-0.2, -0.15) is 0 Å². The molecule has 0 saturated carbocycles. The third kappa shape index (κ3) is 5.95. The van der Waals surface area contributed by atoms with E-state index in [-0.39, 0.29) is 11.1 Å². The smallest absolute Gasteiger partial charge is 0.171 e. The lowest BCUT2D eigenvalue weighted by Crippen LogP contribution is -2.26. The van der Waals surface area contributed by atoms with Crippen LogP contribution in [0.5, 0.6) is 0 Å². The summed E-state index contributed by atoms with van der Waals surface area (Å²) in [4.78, 5) is 0. The molecule has 0 saturated heterocycles. The molecule has 0 fully saturated rings. The zero-order valence-electron chi connectivity index (χ0n) is 61.3. The molecular weight excluding hydrogens is 827 g/mol. The van der Waals surface area contributed by atoms with E-state index in [1.54, 1.807) is 48.5 Å². The molecule has 12 rings (SSSR count). The zero-order valence-corrected chi connectivity index (χ0v) is 35.1. The van der Waals surface area contributed by atoms with E-state index < -0.39 is 232 Å². The van der Waals surface area contributed by atoms with Gasteiger partial charge in [-0.15, -0.1) is 0 Å². The van der Waals surface area contributed by atoms with Gasteiger partial charge in [-0.1, -0.05) is 242 Å². The van der Waals surface area contributed by atoms with E-state index in [0.717, 1.165) is 11.1 Å². The molecule has 2 aliphatic carbocycles. The Kier molecular flexibility index (Phi) is 4.70. The van der Waals surface area contributed by atoms with Crippen LogP contribution in [0.1, 0.15) is 60.6 Å². The maximum absolute atomic E-state index is 16.4. The van der Waals surface area contributed by atoms with Gasteiger partial charge in [-0.3, -0.25) is 0 Å². The van der Waals surface area contributed by atoms with Gasteiger partial charge in [0.05, 0.1) is 43.8 Å². The Morgan fingerprint density at radius 2 is 0.585 bits per heavy atom. The number of rotatable bonds is 8. The fraction of sp³-hybridized carbons (Fsp3) is 0.0164. The van der Waals surface area contributed by atoms with Crippen molar-refractivity contribution in [3.63, 3.8) is 0 Å². The molecule has 10 aromatic carbocycles. The minimum atomic E-state index is -5.71. The molecule has 10 aromatic rings. The van der Waals surface area contributed by atoms with Crippen molar-refractivity contribution in [2.45, 2.75) is 5.41 Å². The molecule has 0 amide bonds. The molecule has 0 bridgehead atoms. The predicted molar refractivity (Wildman–Crippen MR) is 272 cm³/mol. The SMILES string of the molecule is [2H]c1c([2H])c([2H])c(P(=O)(c2c([2H])c([2H])c([2H])c([2H])c2[2H])c2c([2H])c([2H])c(-c3ccc4c(c3)C3(c5ccccc5-c5ccccc53)c3cc(-c5c([2H])c([2H])c(P(=O)(c6c([2H])c([2H])c([2H])c([2H])c6[2H])c6c([2H])c([2H])c([2H])c([2H])c6[2H])c([2H])c5[2H])ccc3-4)c([2H])c2[2H])c([2H])c1[2H]. The third-order valence-corrected chi connectivity index (χ3v) is 16.8. The Labute approximate surface area is 419 Å². The van der Waals surface area contributed by atoms with Gasteiger partial charge in [0.1, 0.15) is 0 Å². The molecule has 65 heavy (non-hydrogen) atoms. The van der Waals surface area contributed by atoms with Gasteiger partial charge in [-0.25, -0.2) is 0 Å². The van der Waals surface area contributed by atoms with Crippen LogP contribution in [0.3, 0.4) is 0 Å². The van der Waals surface area contributed by atoms with E-state index in [0.29, 0.717) is 33.4 Å². The van der Waals surface area contributed by atoms with E-state index in [4.69, 9.17) is 27.4 Å². The van der Waals surface area contributed by atoms with Gasteiger partial charge in [0, 0.05) is 31.8 Å². The molecule has 308 valence electrons. The second-order valence-electron chi connectivity index (χ2n) is 14.9. The van der Waals surface area contributed by atoms with Crippen molar-refractivity contribution >= 4 is 46.1 Å². The summed E-state index contributed by atoms with van der Waals surface area (Å²) in [5.41, 5.74) is 2.35. The van der Waals surface area contributed by atoms with Gasteiger partial charge >= 0.3 is 0 Å². The van der Waals surface area contributed by atoms with Gasteiger partial charge in [0.2, 0.25) is 0 Å². The summed E-state index contributed by atoms with van der Waals surface area (Å²) in [6.45, 7) is 0. The lowest BCUT2D eigenvalue weighted by atomic mass is 9.70. The lowest BCUT2D eigenvalue weighted by Gasteiger charge is -2.31. The predicted octanol–water partition coefficient (Wildman–Crippen LogP) is 12.6. The maximum Gasteiger partial charge on any atom is 0.171 e. The average Bonchev–Trinajstić information content (AvgIpc) is 1.56. The summed E-state index contributed by atoms with van der Waals surface area (Å²) in [7, 11) is -11.4. The van der Waals surface area contributed by atoms with E-state index in [2.05, 4.69) is 0 Å². The first kappa shape index (κ1) is 19.8. The molecule has 0 heterocycles. The highest BCUT2D eigenvalue weighted by atomic mass is 31.2. The molecule has 0 radical (unpaired) electrons. The number of benzene rings is 10. The topological polar surface area (TPSA) is 34.1 Å². The minimum Gasteiger partial charge on any atom is -0.309 e. The van der Waals surface area contributed by atoms with Crippen LogP contribution in [-0.4, -0.2) is 0 Å². The fourth-order valence-corrected chi connectivity index (χ4v) is 12.8. The summed E-state index contributed by atoms with van der Waals surface area (Å²) in [6.07, 6.45) is 0. The highest BCUT2D eigenvalue weighted by Gasteiger charge is 2.51. The summed E-state index contributed by atoms with van der Waals surface area (Å²) < 4.78 is 283. The Morgan fingerprint density at radius 3 is 0.923 bits per heavy atom. The fourth-order valence-electron chi connectivity index (χ4n) is 8.94. The van der Waals surface area contributed by atoms with E-state index in [1.807, 2.05) is 24.3 Å². The van der Waals surface area contributed by atoms with Crippen LogP contribution >= 0.6 is 14.3 Å². The van der Waals surface area contributed by atoms with Crippen molar-refractivity contribution in [3.05, 3.63) is 276 Å². The van der Waals surface area contributed by atoms with Crippen LogP contribution in [0.4, 0.5) is 0 Å².